The molecule has 0 fully saturated rings. The van der Waals surface area contributed by atoms with Gasteiger partial charge in [-0.2, -0.15) is 31.6 Å². The molecule has 14 heteroatoms. The number of pyridine rings is 1. The van der Waals surface area contributed by atoms with Gasteiger partial charge in [0.25, 0.3) is 0 Å². The van der Waals surface area contributed by atoms with Crippen LogP contribution in [0.3, 0.4) is 0 Å². The van der Waals surface area contributed by atoms with Gasteiger partial charge in [-0.3, -0.25) is 4.79 Å². The van der Waals surface area contributed by atoms with Gasteiger partial charge in [-0.15, -0.1) is 0 Å². The molecule has 0 unspecified atom stereocenters. The van der Waals surface area contributed by atoms with Gasteiger partial charge in [0.2, 0.25) is 5.88 Å². The summed E-state index contributed by atoms with van der Waals surface area (Å²) in [6.45, 7) is 0.289. The smallest absolute Gasteiger partial charge is 0.421 e. The van der Waals surface area contributed by atoms with E-state index in [1.54, 1.807) is 0 Å². The average molecular weight is 583 g/mol. The largest absolute Gasteiger partial charge is 0.478 e. The molecule has 3 heterocycles. The third-order valence-corrected chi connectivity index (χ3v) is 6.02. The van der Waals surface area contributed by atoms with Crippen LogP contribution in [-0.2, 0) is 17.5 Å². The lowest BCUT2D eigenvalue weighted by Crippen LogP contribution is -2.35. The number of aromatic nitrogens is 1. The molecule has 2 aromatic heterocycles. The van der Waals surface area contributed by atoms with Crippen molar-refractivity contribution in [3.05, 3.63) is 88.5 Å². The van der Waals surface area contributed by atoms with Crippen molar-refractivity contribution in [3.63, 3.8) is 0 Å². The fourth-order valence-corrected chi connectivity index (χ4v) is 4.07. The van der Waals surface area contributed by atoms with Crippen molar-refractivity contribution in [1.29, 1.82) is 5.26 Å². The number of benzene rings is 1. The molecule has 0 N–H and O–H groups in total. The molecule has 6 nitrogen and oxygen atoms in total. The van der Waals surface area contributed by atoms with E-state index in [9.17, 15) is 45.2 Å². The highest BCUT2D eigenvalue weighted by molar-refractivity contribution is 5.84. The van der Waals surface area contributed by atoms with Crippen LogP contribution in [0, 0.1) is 23.0 Å². The van der Waals surface area contributed by atoms with E-state index in [-0.39, 0.29) is 34.8 Å². The predicted octanol–water partition coefficient (Wildman–Crippen LogP) is 6.85. The Balaban J connectivity index is 1.82. The van der Waals surface area contributed by atoms with Gasteiger partial charge in [0.05, 0.1) is 36.8 Å². The predicted molar refractivity (Wildman–Crippen MR) is 127 cm³/mol. The Morgan fingerprint density at radius 1 is 1.15 bits per heavy atom. The normalized spacial score (nSPS) is 14.1. The zero-order valence-corrected chi connectivity index (χ0v) is 20.8. The highest BCUT2D eigenvalue weighted by Gasteiger charge is 2.46. The van der Waals surface area contributed by atoms with E-state index in [1.807, 2.05) is 0 Å². The van der Waals surface area contributed by atoms with Crippen LogP contribution in [0.4, 0.5) is 35.1 Å². The zero-order chi connectivity index (χ0) is 30.1. The first kappa shape index (κ1) is 29.3. The third-order valence-electron chi connectivity index (χ3n) is 6.02. The molecule has 41 heavy (non-hydrogen) atoms. The molecule has 0 bridgehead atoms. The lowest BCUT2D eigenvalue weighted by Gasteiger charge is -2.31. The summed E-state index contributed by atoms with van der Waals surface area (Å²) < 4.78 is 121. The lowest BCUT2D eigenvalue weighted by atomic mass is 9.95. The molecule has 0 spiro atoms. The van der Waals surface area contributed by atoms with Crippen molar-refractivity contribution in [2.75, 3.05) is 13.2 Å². The molecule has 0 saturated heterocycles. The van der Waals surface area contributed by atoms with Crippen LogP contribution in [-0.4, -0.2) is 35.0 Å². The Labute approximate surface area is 226 Å². The fraction of sp³-hybridized carbons (Fsp3) is 0.222. The number of alkyl halides is 5. The minimum Gasteiger partial charge on any atom is -0.478 e. The first-order valence-electron chi connectivity index (χ1n) is 11.7. The first-order chi connectivity index (χ1) is 19.3. The highest BCUT2D eigenvalue weighted by Crippen LogP contribution is 2.41. The molecule has 3 aromatic rings. The molecule has 1 aromatic carbocycles. The Bertz CT molecular complexity index is 1600. The Kier molecular flexibility index (Phi) is 7.92. The molecule has 0 atom stereocenters. The number of nitriles is 1. The number of ether oxygens (including phenoxy) is 1. The number of carbonyl (C=O) groups excluding carboxylic acids is 1. The molecule has 0 amide bonds. The summed E-state index contributed by atoms with van der Waals surface area (Å²) in [6, 6.07) is 2.93. The number of furan rings is 1. The summed E-state index contributed by atoms with van der Waals surface area (Å²) >= 11 is 0. The standard InChI is InChI=1S/C27H17F8N3O3/c1-2-40-24-20(27(33,34)35)5-15(10-37-24)16-6-23(41-13-16)22-8-19(26(31,32)25(30)39)17(9-36)12-38(22)11-14-3-4-18(28)7-21(14)29/h3-8,10,13H,2,11-12H2,1H3. The van der Waals surface area contributed by atoms with Crippen LogP contribution >= 0.6 is 0 Å². The van der Waals surface area contributed by atoms with Crippen molar-refractivity contribution in [2.45, 2.75) is 25.6 Å². The van der Waals surface area contributed by atoms with E-state index in [4.69, 9.17) is 9.15 Å². The third kappa shape index (κ3) is 5.93. The number of allylic oxidation sites excluding steroid dienone is 2. The molecule has 0 radical (unpaired) electrons. The molecular formula is C27H17F8N3O3. The molecule has 214 valence electrons. The average Bonchev–Trinajstić information content (AvgIpc) is 3.39. The number of halogens is 8. The number of rotatable bonds is 8. The topological polar surface area (TPSA) is 79.4 Å². The first-order valence-corrected chi connectivity index (χ1v) is 11.7. The molecular weight excluding hydrogens is 566 g/mol. The maximum Gasteiger partial charge on any atom is 0.421 e. The number of nitrogens with zero attached hydrogens (tertiary/aromatic N) is 3. The second-order valence-electron chi connectivity index (χ2n) is 8.68. The molecule has 4 rings (SSSR count). The second kappa shape index (κ2) is 11.1. The monoisotopic (exact) mass is 583 g/mol. The zero-order valence-electron chi connectivity index (χ0n) is 20.8. The van der Waals surface area contributed by atoms with Gasteiger partial charge < -0.3 is 14.1 Å². The van der Waals surface area contributed by atoms with Crippen LogP contribution < -0.4 is 4.74 Å². The Morgan fingerprint density at radius 3 is 2.49 bits per heavy atom. The molecule has 0 aliphatic carbocycles. The SMILES string of the molecule is CCOc1ncc(-c2coc(C3=CC(C(F)(F)C(=O)F)=C(C#N)CN3Cc3ccc(F)cc3F)c2)cc1C(F)(F)F. The van der Waals surface area contributed by atoms with Crippen LogP contribution in [0.5, 0.6) is 5.88 Å². The van der Waals surface area contributed by atoms with Crippen molar-refractivity contribution < 1.29 is 49.1 Å². The summed E-state index contributed by atoms with van der Waals surface area (Å²) in [5, 5.41) is 9.46. The van der Waals surface area contributed by atoms with Gasteiger partial charge in [-0.25, -0.2) is 13.8 Å². The minimum absolute atomic E-state index is 0.0137. The van der Waals surface area contributed by atoms with Gasteiger partial charge in [0, 0.05) is 41.1 Å². The van der Waals surface area contributed by atoms with Gasteiger partial charge in [0.15, 0.2) is 5.76 Å². The van der Waals surface area contributed by atoms with E-state index in [2.05, 4.69) is 4.98 Å². The Morgan fingerprint density at radius 2 is 1.88 bits per heavy atom. The number of hydrogen-bond donors (Lipinski definition) is 0. The number of carbonyl (C=O) groups is 1. The van der Waals surface area contributed by atoms with Crippen molar-refractivity contribution in [1.82, 2.24) is 9.88 Å². The van der Waals surface area contributed by atoms with Crippen LogP contribution in [0.1, 0.15) is 23.8 Å². The number of hydrogen-bond acceptors (Lipinski definition) is 6. The molecule has 1 aliphatic heterocycles. The maximum absolute atomic E-state index is 14.5. The quantitative estimate of drug-likeness (QED) is 0.213. The van der Waals surface area contributed by atoms with E-state index in [0.29, 0.717) is 12.1 Å². The van der Waals surface area contributed by atoms with Gasteiger partial charge in [0.1, 0.15) is 17.2 Å². The van der Waals surface area contributed by atoms with Gasteiger partial charge in [-0.05, 0) is 31.2 Å². The van der Waals surface area contributed by atoms with Gasteiger partial charge in [-0.1, -0.05) is 6.07 Å². The van der Waals surface area contributed by atoms with Crippen LogP contribution in [0.2, 0.25) is 0 Å². The Hall–Kier alpha value is -4.67. The van der Waals surface area contributed by atoms with E-state index < -0.39 is 65.4 Å². The van der Waals surface area contributed by atoms with Crippen molar-refractivity contribution in [2.24, 2.45) is 0 Å². The summed E-state index contributed by atoms with van der Waals surface area (Å²) in [5.74, 6) is -7.53. The van der Waals surface area contributed by atoms with Crippen molar-refractivity contribution in [3.8, 4) is 23.1 Å². The lowest BCUT2D eigenvalue weighted by molar-refractivity contribution is -0.150. The summed E-state index contributed by atoms with van der Waals surface area (Å²) in [6.07, 6.45) is -2.18. The second-order valence-corrected chi connectivity index (χ2v) is 8.68. The molecule has 1 aliphatic rings. The molecule has 0 saturated carbocycles. The highest BCUT2D eigenvalue weighted by atomic mass is 19.4. The van der Waals surface area contributed by atoms with Crippen LogP contribution in [0.15, 0.2) is 64.4 Å². The maximum atomic E-state index is 14.5. The van der Waals surface area contributed by atoms with E-state index >= 15 is 0 Å². The van der Waals surface area contributed by atoms with Gasteiger partial charge >= 0.3 is 18.1 Å². The van der Waals surface area contributed by atoms with E-state index in [1.165, 1.54) is 13.0 Å². The summed E-state index contributed by atoms with van der Waals surface area (Å²) in [7, 11) is 0. The van der Waals surface area contributed by atoms with Crippen LogP contribution in [0.25, 0.3) is 16.8 Å². The summed E-state index contributed by atoms with van der Waals surface area (Å²) in [4.78, 5) is 15.9. The van der Waals surface area contributed by atoms with E-state index in [0.717, 1.165) is 41.6 Å². The minimum atomic E-state index is -4.83. The summed E-state index contributed by atoms with van der Waals surface area (Å²) in [5.41, 5.74) is -3.67. The van der Waals surface area contributed by atoms with Crippen molar-refractivity contribution >= 4 is 11.7 Å². The fourth-order valence-electron chi connectivity index (χ4n) is 4.07.